The van der Waals surface area contributed by atoms with Crippen LogP contribution >= 0.6 is 0 Å². The molecule has 1 aliphatic rings. The van der Waals surface area contributed by atoms with E-state index >= 15 is 0 Å². The minimum atomic E-state index is -0.341. The Morgan fingerprint density at radius 2 is 1.26 bits per heavy atom. The minimum Gasteiger partial charge on any atom is -0.400 e. The zero-order valence-electron chi connectivity index (χ0n) is 22.1. The minimum absolute atomic E-state index is 0.300. The highest BCUT2D eigenvalue weighted by molar-refractivity contribution is 6.56. The van der Waals surface area contributed by atoms with Gasteiger partial charge in [0.2, 0.25) is 0 Å². The summed E-state index contributed by atoms with van der Waals surface area (Å²) < 4.78 is 13.1. The van der Waals surface area contributed by atoms with E-state index in [4.69, 9.17) is 9.31 Å². The third-order valence-corrected chi connectivity index (χ3v) is 8.02. The fourth-order valence-electron chi connectivity index (χ4n) is 5.42. The Labute approximate surface area is 210 Å². The van der Waals surface area contributed by atoms with Gasteiger partial charge in [-0.25, -0.2) is 0 Å². The third kappa shape index (κ3) is 4.19. The molecule has 1 aliphatic heterocycles. The van der Waals surface area contributed by atoms with Gasteiger partial charge in [-0.05, 0) is 95.5 Å². The molecule has 180 valence electrons. The Hall–Kier alpha value is -2.62. The normalized spacial score (nSPS) is 17.9. The Balaban J connectivity index is 1.74. The summed E-state index contributed by atoms with van der Waals surface area (Å²) in [6.45, 7) is 13.1. The lowest BCUT2D eigenvalue weighted by atomic mass is 9.70. The number of hydrogen-bond acceptors (Lipinski definition) is 2. The number of benzene rings is 4. The number of hydrogen-bond donors (Lipinski definition) is 0. The van der Waals surface area contributed by atoms with Crippen molar-refractivity contribution in [3.8, 4) is 0 Å². The standard InChI is InChI=1S/C32H37BO2/c1-7-11-26(29(12-8-2)33-34-31(3,4)32(5,6)35-33)25-20-17-23-16-19-24-18-15-22-13-9-10-14-27(22)30(24)28(23)21-25/h9-10,13-21H,7-8,11-12H2,1-6H3/b29-26-. The van der Waals surface area contributed by atoms with Gasteiger partial charge >= 0.3 is 7.12 Å². The van der Waals surface area contributed by atoms with Gasteiger partial charge in [-0.15, -0.1) is 0 Å². The zero-order valence-corrected chi connectivity index (χ0v) is 22.1. The van der Waals surface area contributed by atoms with Crippen LogP contribution in [0.5, 0.6) is 0 Å². The predicted octanol–water partition coefficient (Wildman–Crippen LogP) is 9.13. The molecule has 0 radical (unpaired) electrons. The monoisotopic (exact) mass is 464 g/mol. The average Bonchev–Trinajstić information content (AvgIpc) is 3.06. The largest absolute Gasteiger partial charge is 0.490 e. The first kappa shape index (κ1) is 24.1. The summed E-state index contributed by atoms with van der Waals surface area (Å²) in [4.78, 5) is 0. The highest BCUT2D eigenvalue weighted by Crippen LogP contribution is 2.42. The van der Waals surface area contributed by atoms with Crippen molar-refractivity contribution in [1.82, 2.24) is 0 Å². The van der Waals surface area contributed by atoms with E-state index in [9.17, 15) is 0 Å². The molecule has 0 N–H and O–H groups in total. The SMILES string of the molecule is CCC/C(B1OC(C)(C)C(C)(C)O1)=C(\CCC)c1ccc2ccc3ccc4ccccc4c3c2c1. The van der Waals surface area contributed by atoms with E-state index in [0.29, 0.717) is 0 Å². The fraction of sp³-hybridized carbons (Fsp3) is 0.375. The molecule has 4 aromatic rings. The first-order valence-corrected chi connectivity index (χ1v) is 13.2. The van der Waals surface area contributed by atoms with Gasteiger partial charge in [0, 0.05) is 0 Å². The van der Waals surface area contributed by atoms with Crippen molar-refractivity contribution in [3.63, 3.8) is 0 Å². The van der Waals surface area contributed by atoms with E-state index in [-0.39, 0.29) is 18.3 Å². The van der Waals surface area contributed by atoms with Crippen molar-refractivity contribution in [2.75, 3.05) is 0 Å². The first-order valence-electron chi connectivity index (χ1n) is 13.2. The van der Waals surface area contributed by atoms with Crippen LogP contribution in [0.4, 0.5) is 0 Å². The van der Waals surface area contributed by atoms with Crippen molar-refractivity contribution in [1.29, 1.82) is 0 Å². The Morgan fingerprint density at radius 3 is 1.91 bits per heavy atom. The molecule has 0 spiro atoms. The lowest BCUT2D eigenvalue weighted by Gasteiger charge is -2.32. The molecule has 1 saturated heterocycles. The second-order valence-corrected chi connectivity index (χ2v) is 11.0. The summed E-state index contributed by atoms with van der Waals surface area (Å²) >= 11 is 0. The molecular weight excluding hydrogens is 427 g/mol. The van der Waals surface area contributed by atoms with Crippen molar-refractivity contribution in [2.24, 2.45) is 0 Å². The molecule has 1 fully saturated rings. The summed E-state index contributed by atoms with van der Waals surface area (Å²) in [7, 11) is -0.300. The molecule has 4 aromatic carbocycles. The summed E-state index contributed by atoms with van der Waals surface area (Å²) in [5.41, 5.74) is 3.29. The van der Waals surface area contributed by atoms with Crippen LogP contribution in [0.15, 0.2) is 72.2 Å². The maximum atomic E-state index is 6.56. The molecule has 1 heterocycles. The molecule has 0 unspecified atom stereocenters. The number of allylic oxidation sites excluding steroid dienone is 2. The molecule has 0 atom stereocenters. The van der Waals surface area contributed by atoms with Crippen LogP contribution in [0.1, 0.15) is 72.8 Å². The quantitative estimate of drug-likeness (QED) is 0.209. The van der Waals surface area contributed by atoms with Crippen LogP contribution in [-0.4, -0.2) is 18.3 Å². The molecule has 35 heavy (non-hydrogen) atoms. The van der Waals surface area contributed by atoms with E-state index in [2.05, 4.69) is 108 Å². The molecule has 3 heteroatoms. The molecule has 0 amide bonds. The molecule has 0 bridgehead atoms. The van der Waals surface area contributed by atoms with E-state index < -0.39 is 0 Å². The summed E-state index contributed by atoms with van der Waals surface area (Å²) in [6.07, 6.45) is 4.13. The third-order valence-electron chi connectivity index (χ3n) is 8.02. The van der Waals surface area contributed by atoms with Crippen LogP contribution < -0.4 is 0 Å². The highest BCUT2D eigenvalue weighted by Gasteiger charge is 2.52. The Kier molecular flexibility index (Phi) is 6.27. The number of rotatable bonds is 6. The second kappa shape index (κ2) is 9.11. The van der Waals surface area contributed by atoms with Crippen LogP contribution in [0.2, 0.25) is 0 Å². The predicted molar refractivity (Wildman–Crippen MR) is 152 cm³/mol. The van der Waals surface area contributed by atoms with Gasteiger partial charge in [0.05, 0.1) is 11.2 Å². The summed E-state index contributed by atoms with van der Waals surface area (Å²) in [5.74, 6) is 0. The molecular formula is C32H37BO2. The van der Waals surface area contributed by atoms with E-state index in [1.165, 1.54) is 48.9 Å². The lowest BCUT2D eigenvalue weighted by molar-refractivity contribution is 0.00578. The maximum absolute atomic E-state index is 6.56. The smallest absolute Gasteiger partial charge is 0.400 e. The molecule has 5 rings (SSSR count). The fourth-order valence-corrected chi connectivity index (χ4v) is 5.42. The maximum Gasteiger partial charge on any atom is 0.490 e. The van der Waals surface area contributed by atoms with Crippen molar-refractivity contribution in [3.05, 3.63) is 77.8 Å². The van der Waals surface area contributed by atoms with Gasteiger partial charge in [-0.3, -0.25) is 0 Å². The zero-order chi connectivity index (χ0) is 24.8. The molecule has 0 aliphatic carbocycles. The van der Waals surface area contributed by atoms with Crippen LogP contribution in [-0.2, 0) is 9.31 Å². The molecule has 2 nitrogen and oxygen atoms in total. The van der Waals surface area contributed by atoms with E-state index in [1.54, 1.807) is 0 Å². The molecule has 0 aromatic heterocycles. The van der Waals surface area contributed by atoms with Crippen molar-refractivity contribution in [2.45, 2.75) is 78.4 Å². The highest BCUT2D eigenvalue weighted by atomic mass is 16.7. The van der Waals surface area contributed by atoms with Crippen LogP contribution in [0, 0.1) is 0 Å². The van der Waals surface area contributed by atoms with Crippen LogP contribution in [0.25, 0.3) is 37.9 Å². The number of fused-ring (bicyclic) bond motifs is 5. The topological polar surface area (TPSA) is 18.5 Å². The van der Waals surface area contributed by atoms with Gasteiger partial charge < -0.3 is 9.31 Å². The Morgan fingerprint density at radius 1 is 0.686 bits per heavy atom. The van der Waals surface area contributed by atoms with Gasteiger partial charge in [-0.1, -0.05) is 87.4 Å². The van der Waals surface area contributed by atoms with E-state index in [0.717, 1.165) is 25.7 Å². The second-order valence-electron chi connectivity index (χ2n) is 11.0. The summed E-state index contributed by atoms with van der Waals surface area (Å²) in [6, 6.07) is 24.7. The van der Waals surface area contributed by atoms with Crippen molar-refractivity contribution >= 4 is 45.0 Å². The van der Waals surface area contributed by atoms with Gasteiger partial charge in [0.25, 0.3) is 0 Å². The lowest BCUT2D eigenvalue weighted by Crippen LogP contribution is -2.41. The van der Waals surface area contributed by atoms with Gasteiger partial charge in [0.1, 0.15) is 0 Å². The summed E-state index contributed by atoms with van der Waals surface area (Å²) in [5, 5.41) is 7.82. The Bertz CT molecular complexity index is 1410. The van der Waals surface area contributed by atoms with E-state index in [1.807, 2.05) is 0 Å². The average molecular weight is 464 g/mol. The van der Waals surface area contributed by atoms with Gasteiger partial charge in [-0.2, -0.15) is 0 Å². The molecule has 0 saturated carbocycles. The van der Waals surface area contributed by atoms with Crippen LogP contribution in [0.3, 0.4) is 0 Å². The first-order chi connectivity index (χ1) is 16.8. The van der Waals surface area contributed by atoms with Crippen molar-refractivity contribution < 1.29 is 9.31 Å². The van der Waals surface area contributed by atoms with Gasteiger partial charge in [0.15, 0.2) is 0 Å².